The molecule has 0 N–H and O–H groups in total. The van der Waals surface area contributed by atoms with Gasteiger partial charge in [-0.1, -0.05) is 49.8 Å². The van der Waals surface area contributed by atoms with E-state index in [0.717, 1.165) is 25.1 Å². The molecule has 0 rings (SSSR count). The predicted molar refractivity (Wildman–Crippen MR) is 77.3 cm³/mol. The van der Waals surface area contributed by atoms with Crippen molar-refractivity contribution >= 4 is 46.4 Å². The summed E-state index contributed by atoms with van der Waals surface area (Å²) in [7, 11) is 0. The highest BCUT2D eigenvalue weighted by molar-refractivity contribution is 6.32. The van der Waals surface area contributed by atoms with Crippen molar-refractivity contribution in [2.45, 2.75) is 55.7 Å². The summed E-state index contributed by atoms with van der Waals surface area (Å²) >= 11 is 23.1. The summed E-state index contributed by atoms with van der Waals surface area (Å²) in [4.78, 5) is 0. The van der Waals surface area contributed by atoms with E-state index in [1.807, 2.05) is 0 Å². The lowest BCUT2D eigenvalue weighted by atomic mass is 10.1. The molecule has 0 radical (unpaired) electrons. The largest absolute Gasteiger partial charge is 0.127 e. The molecule has 0 saturated carbocycles. The summed E-state index contributed by atoms with van der Waals surface area (Å²) in [5.41, 5.74) is 1.43. The van der Waals surface area contributed by atoms with Crippen molar-refractivity contribution in [3.05, 3.63) is 11.6 Å². The molecular weight excluding hydrogens is 286 g/mol. The highest BCUT2D eigenvalue weighted by Crippen LogP contribution is 2.19. The van der Waals surface area contributed by atoms with Gasteiger partial charge in [0.25, 0.3) is 0 Å². The van der Waals surface area contributed by atoms with Crippen LogP contribution in [-0.4, -0.2) is 16.6 Å². The third kappa shape index (κ3) is 10.1. The van der Waals surface area contributed by atoms with Crippen molar-refractivity contribution in [3.8, 4) is 0 Å². The van der Waals surface area contributed by atoms with Gasteiger partial charge in [0.05, 0.1) is 10.8 Å². The van der Waals surface area contributed by atoms with Crippen LogP contribution in [0.15, 0.2) is 11.6 Å². The van der Waals surface area contributed by atoms with Crippen molar-refractivity contribution in [2.75, 3.05) is 5.88 Å². The minimum Gasteiger partial charge on any atom is -0.127 e. The third-order valence-corrected chi connectivity index (χ3v) is 3.95. The quantitative estimate of drug-likeness (QED) is 0.347. The number of unbranched alkanes of at least 4 members (excludes halogenated alkanes) is 5. The van der Waals surface area contributed by atoms with E-state index in [1.165, 1.54) is 31.2 Å². The topological polar surface area (TPSA) is 0 Å². The maximum absolute atomic E-state index is 6.11. The molecule has 4 heteroatoms. The Morgan fingerprint density at radius 3 is 2.00 bits per heavy atom. The first-order valence-corrected chi connectivity index (χ1v) is 7.67. The molecule has 0 aliphatic rings. The Morgan fingerprint density at radius 1 is 0.875 bits per heavy atom. The molecule has 2 atom stereocenters. The van der Waals surface area contributed by atoms with Crippen molar-refractivity contribution < 1.29 is 0 Å². The van der Waals surface area contributed by atoms with Crippen LogP contribution in [0.4, 0.5) is 0 Å². The van der Waals surface area contributed by atoms with Crippen LogP contribution in [0, 0.1) is 0 Å². The van der Waals surface area contributed by atoms with Gasteiger partial charge in [0.2, 0.25) is 0 Å². The van der Waals surface area contributed by atoms with Crippen molar-refractivity contribution in [3.63, 3.8) is 0 Å². The van der Waals surface area contributed by atoms with E-state index in [-0.39, 0.29) is 10.8 Å². The Bertz CT molecular complexity index is 170. The highest BCUT2D eigenvalue weighted by Gasteiger charge is 2.12. The molecule has 96 valence electrons. The van der Waals surface area contributed by atoms with Gasteiger partial charge in [-0.15, -0.1) is 34.8 Å². The molecule has 0 fully saturated rings. The number of hydrogen-bond acceptors (Lipinski definition) is 0. The number of hydrogen-bond donors (Lipinski definition) is 0. The average Bonchev–Trinajstić information content (AvgIpc) is 2.28. The van der Waals surface area contributed by atoms with Crippen LogP contribution in [0.1, 0.15) is 44.9 Å². The van der Waals surface area contributed by atoms with Crippen molar-refractivity contribution in [1.82, 2.24) is 0 Å². The molecule has 2 unspecified atom stereocenters. The standard InChI is InChI=1S/C12H20Cl4/c13-9-6-4-2-1-3-5-7-11(15)12(16)8-10-14/h8,10-12H,1-7,9H2. The fraction of sp³-hybridized carbons (Fsp3) is 0.833. The van der Waals surface area contributed by atoms with Gasteiger partial charge in [0.1, 0.15) is 0 Å². The first-order chi connectivity index (χ1) is 7.72. The smallest absolute Gasteiger partial charge is 0.0691 e. The first kappa shape index (κ1) is 16.9. The van der Waals surface area contributed by atoms with E-state index in [2.05, 4.69) is 0 Å². The molecule has 0 aliphatic carbocycles. The van der Waals surface area contributed by atoms with E-state index >= 15 is 0 Å². The SMILES string of the molecule is ClC=CC(Cl)C(Cl)CCCCCCCCCl. The Kier molecular flexibility index (Phi) is 13.1. The molecule has 0 bridgehead atoms. The molecule has 0 nitrogen and oxygen atoms in total. The molecule has 0 amide bonds. The van der Waals surface area contributed by atoms with Gasteiger partial charge in [0.15, 0.2) is 0 Å². The van der Waals surface area contributed by atoms with Crippen LogP contribution in [-0.2, 0) is 0 Å². The van der Waals surface area contributed by atoms with Gasteiger partial charge < -0.3 is 0 Å². The maximum Gasteiger partial charge on any atom is 0.0691 e. The molecule has 0 aromatic heterocycles. The molecule has 0 aliphatic heterocycles. The number of alkyl halides is 3. The molecule has 16 heavy (non-hydrogen) atoms. The van der Waals surface area contributed by atoms with Gasteiger partial charge in [-0.05, 0) is 12.8 Å². The lowest BCUT2D eigenvalue weighted by molar-refractivity contribution is 0.582. The zero-order valence-electron chi connectivity index (χ0n) is 9.48. The third-order valence-electron chi connectivity index (χ3n) is 2.47. The average molecular weight is 306 g/mol. The zero-order chi connectivity index (χ0) is 12.2. The van der Waals surface area contributed by atoms with Gasteiger partial charge in [0, 0.05) is 11.4 Å². The van der Waals surface area contributed by atoms with E-state index in [9.17, 15) is 0 Å². The highest BCUT2D eigenvalue weighted by atomic mass is 35.5. The molecular formula is C12H20Cl4. The molecule has 0 saturated heterocycles. The Balaban J connectivity index is 3.30. The van der Waals surface area contributed by atoms with Crippen LogP contribution < -0.4 is 0 Å². The summed E-state index contributed by atoms with van der Waals surface area (Å²) in [6.45, 7) is 0. The van der Waals surface area contributed by atoms with E-state index < -0.39 is 0 Å². The summed E-state index contributed by atoms with van der Waals surface area (Å²) in [6, 6.07) is 0. The molecule has 0 aromatic rings. The lowest BCUT2D eigenvalue weighted by Crippen LogP contribution is -2.11. The Labute approximate surface area is 119 Å². The summed E-state index contributed by atoms with van der Waals surface area (Å²) in [5.74, 6) is 0.780. The second-order valence-electron chi connectivity index (χ2n) is 3.88. The predicted octanol–water partition coefficient (Wildman–Crippen LogP) is 5.92. The summed E-state index contributed by atoms with van der Waals surface area (Å²) in [5, 5.41) is -0.171. The number of allylic oxidation sites excluding steroid dienone is 1. The van der Waals surface area contributed by atoms with Crippen LogP contribution in [0.25, 0.3) is 0 Å². The van der Waals surface area contributed by atoms with E-state index in [0.29, 0.717) is 0 Å². The van der Waals surface area contributed by atoms with Crippen LogP contribution in [0.3, 0.4) is 0 Å². The van der Waals surface area contributed by atoms with Gasteiger partial charge in [-0.2, -0.15) is 0 Å². The van der Waals surface area contributed by atoms with Gasteiger partial charge in [-0.25, -0.2) is 0 Å². The van der Waals surface area contributed by atoms with E-state index in [4.69, 9.17) is 46.4 Å². The van der Waals surface area contributed by atoms with Crippen LogP contribution in [0.2, 0.25) is 0 Å². The fourth-order valence-corrected chi connectivity index (χ4v) is 2.35. The summed E-state index contributed by atoms with van der Waals surface area (Å²) < 4.78 is 0. The monoisotopic (exact) mass is 304 g/mol. The van der Waals surface area contributed by atoms with Crippen molar-refractivity contribution in [2.24, 2.45) is 0 Å². The van der Waals surface area contributed by atoms with Gasteiger partial charge in [-0.3, -0.25) is 0 Å². The minimum absolute atomic E-state index is 0.0143. The first-order valence-electron chi connectivity index (χ1n) is 5.83. The van der Waals surface area contributed by atoms with Crippen molar-refractivity contribution in [1.29, 1.82) is 0 Å². The van der Waals surface area contributed by atoms with Crippen LogP contribution in [0.5, 0.6) is 0 Å². The second kappa shape index (κ2) is 12.4. The number of rotatable bonds is 10. The number of halogens is 4. The zero-order valence-corrected chi connectivity index (χ0v) is 12.5. The van der Waals surface area contributed by atoms with Crippen LogP contribution >= 0.6 is 46.4 Å². The molecule has 0 spiro atoms. The molecule has 0 heterocycles. The maximum atomic E-state index is 6.11. The normalized spacial score (nSPS) is 15.5. The fourth-order valence-electron chi connectivity index (χ4n) is 1.49. The lowest BCUT2D eigenvalue weighted by Gasteiger charge is -2.11. The molecule has 0 aromatic carbocycles. The minimum atomic E-state index is -0.157. The Hall–Kier alpha value is 0.900. The van der Waals surface area contributed by atoms with Gasteiger partial charge >= 0.3 is 0 Å². The second-order valence-corrected chi connectivity index (χ2v) is 5.57. The Morgan fingerprint density at radius 2 is 1.44 bits per heavy atom. The summed E-state index contributed by atoms with van der Waals surface area (Å²) in [6.07, 6.45) is 9.93. The van der Waals surface area contributed by atoms with E-state index in [1.54, 1.807) is 6.08 Å².